The van der Waals surface area contributed by atoms with Crippen molar-refractivity contribution in [3.8, 4) is 0 Å². The topological polar surface area (TPSA) is 66.5 Å². The Morgan fingerprint density at radius 2 is 1.81 bits per heavy atom. The number of rotatable bonds is 4. The number of benzene rings is 1. The van der Waals surface area contributed by atoms with Crippen molar-refractivity contribution in [2.45, 2.75) is 19.9 Å². The number of sulfone groups is 1. The summed E-state index contributed by atoms with van der Waals surface area (Å²) < 4.78 is 22.7. The third-order valence-corrected chi connectivity index (χ3v) is 5.37. The van der Waals surface area contributed by atoms with E-state index in [-0.39, 0.29) is 30.0 Å². The highest BCUT2D eigenvalue weighted by molar-refractivity contribution is 7.91. The van der Waals surface area contributed by atoms with Crippen LogP contribution in [-0.4, -0.2) is 50.4 Å². The van der Waals surface area contributed by atoms with E-state index in [1.807, 2.05) is 43.0 Å². The molecular formula is C15H22N2O3S. The zero-order chi connectivity index (χ0) is 15.5. The first-order chi connectivity index (χ1) is 9.85. The Bertz CT molecular complexity index is 582. The van der Waals surface area contributed by atoms with Crippen LogP contribution in [0.4, 0.5) is 0 Å². The summed E-state index contributed by atoms with van der Waals surface area (Å²) >= 11 is 0. The molecule has 0 saturated carbocycles. The fraction of sp³-hybridized carbons (Fsp3) is 0.533. The summed E-state index contributed by atoms with van der Waals surface area (Å²) in [7, 11) is -2.89. The molecule has 0 unspecified atom stereocenters. The minimum atomic E-state index is -2.89. The second-order valence-electron chi connectivity index (χ2n) is 5.63. The van der Waals surface area contributed by atoms with Crippen molar-refractivity contribution in [2.24, 2.45) is 0 Å². The Kier molecular flexibility index (Phi) is 5.00. The van der Waals surface area contributed by atoms with Gasteiger partial charge in [-0.25, -0.2) is 8.42 Å². The van der Waals surface area contributed by atoms with E-state index in [9.17, 15) is 13.2 Å². The third kappa shape index (κ3) is 4.82. The van der Waals surface area contributed by atoms with Gasteiger partial charge in [0, 0.05) is 13.1 Å². The molecule has 1 saturated heterocycles. The van der Waals surface area contributed by atoms with Crippen molar-refractivity contribution in [1.82, 2.24) is 10.2 Å². The summed E-state index contributed by atoms with van der Waals surface area (Å²) in [5, 5.41) is 2.95. The molecule has 0 bridgehead atoms. The lowest BCUT2D eigenvalue weighted by Crippen LogP contribution is -2.45. The van der Waals surface area contributed by atoms with Gasteiger partial charge in [-0.05, 0) is 19.4 Å². The van der Waals surface area contributed by atoms with Crippen molar-refractivity contribution < 1.29 is 13.2 Å². The standard InChI is InChI=1S/C15H22N2O3S/c1-12-3-5-14(6-4-12)13(2)16-15(18)11-17-7-9-21(19,20)10-8-17/h3-6,13H,7-11H2,1-2H3,(H,16,18)/t13-/m1/s1. The largest absolute Gasteiger partial charge is 0.348 e. The van der Waals surface area contributed by atoms with E-state index < -0.39 is 9.84 Å². The van der Waals surface area contributed by atoms with E-state index in [4.69, 9.17) is 0 Å². The zero-order valence-electron chi connectivity index (χ0n) is 12.5. The van der Waals surface area contributed by atoms with Gasteiger partial charge in [-0.3, -0.25) is 9.69 Å². The third-order valence-electron chi connectivity index (χ3n) is 3.76. The first-order valence-corrected chi connectivity index (χ1v) is 8.96. The quantitative estimate of drug-likeness (QED) is 0.897. The monoisotopic (exact) mass is 310 g/mol. The van der Waals surface area contributed by atoms with Crippen molar-refractivity contribution >= 4 is 15.7 Å². The molecule has 1 aliphatic heterocycles. The van der Waals surface area contributed by atoms with Crippen LogP contribution in [0.25, 0.3) is 0 Å². The number of amides is 1. The maximum atomic E-state index is 12.0. The molecule has 1 aromatic carbocycles. The van der Waals surface area contributed by atoms with Gasteiger partial charge in [0.25, 0.3) is 0 Å². The molecule has 2 rings (SSSR count). The van der Waals surface area contributed by atoms with Gasteiger partial charge in [0.05, 0.1) is 24.1 Å². The second-order valence-corrected chi connectivity index (χ2v) is 7.93. The van der Waals surface area contributed by atoms with Crippen LogP contribution >= 0.6 is 0 Å². The summed E-state index contributed by atoms with van der Waals surface area (Å²) in [6, 6.07) is 8.01. The molecule has 21 heavy (non-hydrogen) atoms. The molecule has 0 spiro atoms. The van der Waals surface area contributed by atoms with E-state index in [2.05, 4.69) is 5.32 Å². The lowest BCUT2D eigenvalue weighted by molar-refractivity contribution is -0.122. The molecule has 0 radical (unpaired) electrons. The number of nitrogens with one attached hydrogen (secondary N) is 1. The summed E-state index contributed by atoms with van der Waals surface area (Å²) in [6.07, 6.45) is 0. The van der Waals surface area contributed by atoms with Crippen LogP contribution in [0.1, 0.15) is 24.1 Å². The fourth-order valence-electron chi connectivity index (χ4n) is 2.34. The van der Waals surface area contributed by atoms with Gasteiger partial charge in [0.15, 0.2) is 9.84 Å². The van der Waals surface area contributed by atoms with Gasteiger partial charge in [0.1, 0.15) is 0 Å². The van der Waals surface area contributed by atoms with Gasteiger partial charge in [-0.2, -0.15) is 0 Å². The average Bonchev–Trinajstić information content (AvgIpc) is 2.42. The summed E-state index contributed by atoms with van der Waals surface area (Å²) in [5.74, 6) is 0.226. The van der Waals surface area contributed by atoms with Gasteiger partial charge in [0.2, 0.25) is 5.91 Å². The van der Waals surface area contributed by atoms with Crippen LogP contribution in [0.15, 0.2) is 24.3 Å². The second kappa shape index (κ2) is 6.58. The summed E-state index contributed by atoms with van der Waals surface area (Å²) in [5.41, 5.74) is 2.25. The van der Waals surface area contributed by atoms with Crippen LogP contribution in [0, 0.1) is 6.92 Å². The van der Waals surface area contributed by atoms with Crippen LogP contribution < -0.4 is 5.32 Å². The highest BCUT2D eigenvalue weighted by Gasteiger charge is 2.23. The van der Waals surface area contributed by atoms with Crippen molar-refractivity contribution in [3.63, 3.8) is 0 Å². The first-order valence-electron chi connectivity index (χ1n) is 7.14. The van der Waals surface area contributed by atoms with E-state index in [0.29, 0.717) is 13.1 Å². The SMILES string of the molecule is Cc1ccc([C@@H](C)NC(=O)CN2CCS(=O)(=O)CC2)cc1. The number of carbonyl (C=O) groups excluding carboxylic acids is 1. The Morgan fingerprint density at radius 3 is 2.38 bits per heavy atom. The molecule has 6 heteroatoms. The predicted molar refractivity (Wildman–Crippen MR) is 82.8 cm³/mol. The number of hydrogen-bond acceptors (Lipinski definition) is 4. The molecule has 1 amide bonds. The molecule has 1 N–H and O–H groups in total. The van der Waals surface area contributed by atoms with E-state index in [1.54, 1.807) is 0 Å². The maximum Gasteiger partial charge on any atom is 0.234 e. The Labute approximate surface area is 126 Å². The summed E-state index contributed by atoms with van der Waals surface area (Å²) in [4.78, 5) is 13.9. The van der Waals surface area contributed by atoms with Crippen molar-refractivity contribution in [2.75, 3.05) is 31.1 Å². The van der Waals surface area contributed by atoms with Crippen LogP contribution in [0.5, 0.6) is 0 Å². The molecule has 1 aliphatic rings. The number of aryl methyl sites for hydroxylation is 1. The predicted octanol–water partition coefficient (Wildman–Crippen LogP) is 0.903. The molecular weight excluding hydrogens is 288 g/mol. The van der Waals surface area contributed by atoms with Gasteiger partial charge < -0.3 is 5.32 Å². The molecule has 1 heterocycles. The number of carbonyl (C=O) groups is 1. The number of hydrogen-bond donors (Lipinski definition) is 1. The lowest BCUT2D eigenvalue weighted by Gasteiger charge is -2.26. The Hall–Kier alpha value is -1.40. The van der Waals surface area contributed by atoms with Crippen molar-refractivity contribution in [1.29, 1.82) is 0 Å². The molecule has 116 valence electrons. The van der Waals surface area contributed by atoms with Gasteiger partial charge >= 0.3 is 0 Å². The Balaban J connectivity index is 1.83. The Morgan fingerprint density at radius 1 is 1.24 bits per heavy atom. The minimum absolute atomic E-state index is 0.0494. The molecule has 5 nitrogen and oxygen atoms in total. The van der Waals surface area contributed by atoms with Crippen LogP contribution in [0.3, 0.4) is 0 Å². The fourth-order valence-corrected chi connectivity index (χ4v) is 3.61. The van der Waals surface area contributed by atoms with E-state index in [1.165, 1.54) is 5.56 Å². The smallest absolute Gasteiger partial charge is 0.234 e. The van der Waals surface area contributed by atoms with E-state index >= 15 is 0 Å². The maximum absolute atomic E-state index is 12.0. The lowest BCUT2D eigenvalue weighted by atomic mass is 10.1. The summed E-state index contributed by atoms with van der Waals surface area (Å²) in [6.45, 7) is 5.11. The normalized spacial score (nSPS) is 19.9. The minimum Gasteiger partial charge on any atom is -0.348 e. The zero-order valence-corrected chi connectivity index (χ0v) is 13.3. The molecule has 1 fully saturated rings. The molecule has 0 aliphatic carbocycles. The molecule has 0 aromatic heterocycles. The molecule has 1 aromatic rings. The molecule has 1 atom stereocenters. The van der Waals surface area contributed by atoms with Crippen molar-refractivity contribution in [3.05, 3.63) is 35.4 Å². The first kappa shape index (κ1) is 16.0. The highest BCUT2D eigenvalue weighted by Crippen LogP contribution is 2.13. The average molecular weight is 310 g/mol. The number of nitrogens with zero attached hydrogens (tertiary/aromatic N) is 1. The van der Waals surface area contributed by atoms with Crippen LogP contribution in [0.2, 0.25) is 0 Å². The van der Waals surface area contributed by atoms with Crippen LogP contribution in [-0.2, 0) is 14.6 Å². The van der Waals surface area contributed by atoms with E-state index in [0.717, 1.165) is 5.56 Å². The highest BCUT2D eigenvalue weighted by atomic mass is 32.2. The van der Waals surface area contributed by atoms with Gasteiger partial charge in [-0.1, -0.05) is 29.8 Å². The van der Waals surface area contributed by atoms with Gasteiger partial charge in [-0.15, -0.1) is 0 Å².